The van der Waals surface area contributed by atoms with E-state index in [-0.39, 0.29) is 6.42 Å². The van der Waals surface area contributed by atoms with Crippen molar-refractivity contribution in [3.63, 3.8) is 0 Å². The van der Waals surface area contributed by atoms with Crippen molar-refractivity contribution in [2.24, 2.45) is 0 Å². The van der Waals surface area contributed by atoms with Crippen molar-refractivity contribution < 1.29 is 57.0 Å². The van der Waals surface area contributed by atoms with Crippen LogP contribution in [-0.4, -0.2) is 107 Å². The number of rotatable bonds is 26. The van der Waals surface area contributed by atoms with Crippen molar-refractivity contribution in [3.05, 3.63) is 0 Å². The fourth-order valence-electron chi connectivity index (χ4n) is 5.29. The first-order valence-electron chi connectivity index (χ1n) is 16.5. The molecule has 1 rings (SSSR count). The van der Waals surface area contributed by atoms with Gasteiger partial charge in [0.15, 0.2) is 6.29 Å². The first kappa shape index (κ1) is 41.1. The number of unbranched alkanes of at least 4 members (excludes halogenated alkanes) is 13. The maximum absolute atomic E-state index is 12.8. The Balaban J connectivity index is 2.78. The third-order valence-corrected chi connectivity index (χ3v) is 8.49. The Morgan fingerprint density at radius 1 is 0.818 bits per heavy atom. The minimum Gasteiger partial charge on any atom is -0.394 e. The predicted molar refractivity (Wildman–Crippen MR) is 164 cm³/mol. The Bertz CT molecular complexity index is 848. The maximum Gasteiger partial charge on any atom is 0.397 e. The molecule has 262 valence electrons. The van der Waals surface area contributed by atoms with E-state index >= 15 is 0 Å². The first-order valence-corrected chi connectivity index (χ1v) is 17.9. The van der Waals surface area contributed by atoms with E-state index in [1.807, 2.05) is 0 Å². The second-order valence-corrected chi connectivity index (χ2v) is 12.9. The average Bonchev–Trinajstić information content (AvgIpc) is 2.98. The van der Waals surface area contributed by atoms with Crippen molar-refractivity contribution >= 4 is 16.3 Å². The minimum atomic E-state index is -5.09. The lowest BCUT2D eigenvalue weighted by molar-refractivity contribution is -0.298. The third kappa shape index (κ3) is 17.1. The number of ether oxygens (including phenoxy) is 2. The zero-order valence-electron chi connectivity index (χ0n) is 26.6. The van der Waals surface area contributed by atoms with Gasteiger partial charge in [0.2, 0.25) is 5.91 Å². The summed E-state index contributed by atoms with van der Waals surface area (Å²) in [5, 5.41) is 54.4. The van der Waals surface area contributed by atoms with Crippen LogP contribution in [0.5, 0.6) is 0 Å². The van der Waals surface area contributed by atoms with Crippen LogP contribution >= 0.6 is 0 Å². The van der Waals surface area contributed by atoms with Crippen LogP contribution in [-0.2, 0) is 28.9 Å². The molecule has 0 aromatic heterocycles. The molecule has 0 aromatic rings. The lowest BCUT2D eigenvalue weighted by atomic mass is 9.99. The molecule has 0 aliphatic carbocycles. The number of aliphatic hydroxyl groups excluding tert-OH is 5. The van der Waals surface area contributed by atoms with E-state index in [1.54, 1.807) is 0 Å². The molecule has 14 heteroatoms. The molecular weight excluding hydrogens is 598 g/mol. The Morgan fingerprint density at radius 3 is 1.82 bits per heavy atom. The highest BCUT2D eigenvalue weighted by atomic mass is 32.3. The highest BCUT2D eigenvalue weighted by Crippen LogP contribution is 2.26. The molecule has 44 heavy (non-hydrogen) atoms. The quantitative estimate of drug-likeness (QED) is 0.0528. The average molecular weight is 658 g/mol. The SMILES string of the molecule is CCCCCCCCCCC(O)C(=O)NC(COC1OC(CO)C(O)C(OS(=O)(=O)O)C1O)C(O)CCCCCCCCC. The van der Waals surface area contributed by atoms with Gasteiger partial charge < -0.3 is 40.3 Å². The topological polar surface area (TPSA) is 212 Å². The molecule has 0 spiro atoms. The zero-order valence-corrected chi connectivity index (χ0v) is 27.4. The van der Waals surface area contributed by atoms with E-state index in [0.717, 1.165) is 51.4 Å². The normalized spacial score (nSPS) is 24.6. The lowest BCUT2D eigenvalue weighted by Gasteiger charge is -2.41. The molecular formula is C30H59NO12S. The van der Waals surface area contributed by atoms with Crippen LogP contribution in [0.4, 0.5) is 0 Å². The standard InChI is InChI=1S/C30H59NO12S/c1-3-5-7-9-11-13-15-17-19-24(34)29(37)31-22(23(33)18-16-14-12-10-8-6-4-2)21-41-30-27(36)28(43-44(38,39)40)26(35)25(20-32)42-30/h22-28,30,32-36H,3-21H2,1-2H3,(H,31,37)(H,38,39,40). The molecule has 0 bridgehead atoms. The smallest absolute Gasteiger partial charge is 0.394 e. The van der Waals surface area contributed by atoms with Gasteiger partial charge in [0.05, 0.1) is 25.4 Å². The van der Waals surface area contributed by atoms with E-state index in [1.165, 1.54) is 32.1 Å². The number of hydrogen-bond acceptors (Lipinski definition) is 11. The van der Waals surface area contributed by atoms with Crippen LogP contribution in [0.1, 0.15) is 123 Å². The Hall–Kier alpha value is -0.940. The van der Waals surface area contributed by atoms with E-state index < -0.39 is 78.5 Å². The Labute approximate surface area is 263 Å². The van der Waals surface area contributed by atoms with Crippen molar-refractivity contribution in [2.75, 3.05) is 13.2 Å². The van der Waals surface area contributed by atoms with Gasteiger partial charge >= 0.3 is 10.4 Å². The van der Waals surface area contributed by atoms with E-state index in [4.69, 9.17) is 14.0 Å². The number of hydrogen-bond donors (Lipinski definition) is 7. The van der Waals surface area contributed by atoms with Gasteiger partial charge in [0, 0.05) is 0 Å². The molecule has 1 heterocycles. The summed E-state index contributed by atoms with van der Waals surface area (Å²) >= 11 is 0. The van der Waals surface area contributed by atoms with Crippen molar-refractivity contribution in [3.8, 4) is 0 Å². The van der Waals surface area contributed by atoms with Gasteiger partial charge in [0.1, 0.15) is 30.5 Å². The van der Waals surface area contributed by atoms with Crippen molar-refractivity contribution in [1.82, 2.24) is 5.32 Å². The van der Waals surface area contributed by atoms with Crippen LogP contribution in [0.15, 0.2) is 0 Å². The number of carbonyl (C=O) groups is 1. The number of amides is 1. The van der Waals surface area contributed by atoms with Crippen LogP contribution in [0.2, 0.25) is 0 Å². The Morgan fingerprint density at radius 2 is 1.32 bits per heavy atom. The summed E-state index contributed by atoms with van der Waals surface area (Å²) in [5.41, 5.74) is 0. The molecule has 1 aliphatic heterocycles. The van der Waals surface area contributed by atoms with Gasteiger partial charge in [-0.25, -0.2) is 4.18 Å². The fraction of sp³-hybridized carbons (Fsp3) is 0.967. The van der Waals surface area contributed by atoms with Crippen LogP contribution in [0.25, 0.3) is 0 Å². The first-order chi connectivity index (χ1) is 20.9. The fourth-order valence-corrected chi connectivity index (χ4v) is 5.79. The lowest BCUT2D eigenvalue weighted by Crippen LogP contribution is -2.61. The van der Waals surface area contributed by atoms with Crippen LogP contribution < -0.4 is 5.32 Å². The number of nitrogens with one attached hydrogen (secondary N) is 1. The summed E-state index contributed by atoms with van der Waals surface area (Å²) in [6, 6.07) is -1.02. The summed E-state index contributed by atoms with van der Waals surface area (Å²) < 4.78 is 47.0. The zero-order chi connectivity index (χ0) is 33.0. The summed E-state index contributed by atoms with van der Waals surface area (Å²) in [5.74, 6) is -0.679. The number of aliphatic hydroxyl groups is 5. The van der Waals surface area contributed by atoms with Gasteiger partial charge in [-0.15, -0.1) is 0 Å². The minimum absolute atomic E-state index is 0.261. The maximum atomic E-state index is 12.8. The summed E-state index contributed by atoms with van der Waals surface area (Å²) in [6.07, 6.45) is 5.18. The molecule has 0 saturated carbocycles. The molecule has 8 atom stereocenters. The van der Waals surface area contributed by atoms with Crippen LogP contribution in [0.3, 0.4) is 0 Å². The largest absolute Gasteiger partial charge is 0.397 e. The summed E-state index contributed by atoms with van der Waals surface area (Å²) in [4.78, 5) is 12.8. The van der Waals surface area contributed by atoms with E-state index in [9.17, 15) is 38.7 Å². The van der Waals surface area contributed by atoms with Crippen molar-refractivity contribution in [1.29, 1.82) is 0 Å². The van der Waals surface area contributed by atoms with Gasteiger partial charge in [-0.3, -0.25) is 9.35 Å². The molecule has 1 fully saturated rings. The molecule has 1 amide bonds. The van der Waals surface area contributed by atoms with Gasteiger partial charge in [-0.2, -0.15) is 8.42 Å². The molecule has 1 aliphatic rings. The molecule has 0 radical (unpaired) electrons. The highest BCUT2D eigenvalue weighted by molar-refractivity contribution is 7.80. The van der Waals surface area contributed by atoms with Gasteiger partial charge in [-0.1, -0.05) is 110 Å². The predicted octanol–water partition coefficient (Wildman–Crippen LogP) is 2.51. The van der Waals surface area contributed by atoms with Crippen LogP contribution in [0, 0.1) is 0 Å². The third-order valence-electron chi connectivity index (χ3n) is 8.02. The molecule has 1 saturated heterocycles. The van der Waals surface area contributed by atoms with Crippen molar-refractivity contribution in [2.45, 2.75) is 172 Å². The van der Waals surface area contributed by atoms with Gasteiger partial charge in [0.25, 0.3) is 0 Å². The summed E-state index contributed by atoms with van der Waals surface area (Å²) in [6.45, 7) is 3.11. The second-order valence-electron chi connectivity index (χ2n) is 11.9. The van der Waals surface area contributed by atoms with E-state index in [0.29, 0.717) is 19.3 Å². The Kier molecular flexibility index (Phi) is 21.8. The molecule has 7 N–H and O–H groups in total. The molecule has 13 nitrogen and oxygen atoms in total. The number of carbonyl (C=O) groups excluding carboxylic acids is 1. The monoisotopic (exact) mass is 657 g/mol. The van der Waals surface area contributed by atoms with E-state index in [2.05, 4.69) is 23.3 Å². The van der Waals surface area contributed by atoms with Gasteiger partial charge in [-0.05, 0) is 12.8 Å². The summed E-state index contributed by atoms with van der Waals surface area (Å²) in [7, 11) is -5.09. The second kappa shape index (κ2) is 23.4. The highest BCUT2D eigenvalue weighted by Gasteiger charge is 2.48. The molecule has 8 unspecified atom stereocenters. The molecule has 0 aromatic carbocycles.